The molecule has 3 aromatic rings. The summed E-state index contributed by atoms with van der Waals surface area (Å²) in [6.45, 7) is 1.77. The fourth-order valence-electron chi connectivity index (χ4n) is 2.81. The van der Waals surface area contributed by atoms with Crippen LogP contribution in [-0.4, -0.2) is 23.2 Å². The number of aromatic nitrogens is 2. The van der Waals surface area contributed by atoms with Gasteiger partial charge in [-0.15, -0.1) is 5.92 Å². The summed E-state index contributed by atoms with van der Waals surface area (Å²) in [5, 5.41) is 5.78. The lowest BCUT2D eigenvalue weighted by Crippen LogP contribution is -2.27. The molecule has 0 aliphatic rings. The fourth-order valence-corrected chi connectivity index (χ4v) is 2.81. The number of benzene rings is 2. The van der Waals surface area contributed by atoms with Gasteiger partial charge in [0.25, 0.3) is 12.3 Å². The molecular weight excluding hydrogens is 348 g/mol. The van der Waals surface area contributed by atoms with Crippen LogP contribution in [0.1, 0.15) is 35.0 Å². The molecule has 2 aromatic carbocycles. The molecule has 0 spiro atoms. The predicted molar refractivity (Wildman–Crippen MR) is 101 cm³/mol. The molecule has 0 aliphatic carbocycles. The highest BCUT2D eigenvalue weighted by Crippen LogP contribution is 2.32. The molecule has 136 valence electrons. The van der Waals surface area contributed by atoms with Crippen LogP contribution in [0.15, 0.2) is 54.7 Å². The zero-order chi connectivity index (χ0) is 19.4. The number of aromatic amines is 1. The van der Waals surface area contributed by atoms with Gasteiger partial charge in [-0.3, -0.25) is 9.89 Å². The van der Waals surface area contributed by atoms with Gasteiger partial charge >= 0.3 is 0 Å². The average Bonchev–Trinajstić information content (AvgIpc) is 3.18. The zero-order valence-electron chi connectivity index (χ0n) is 14.8. The Labute approximate surface area is 155 Å². The first-order valence-electron chi connectivity index (χ1n) is 8.24. The van der Waals surface area contributed by atoms with Gasteiger partial charge in [0.15, 0.2) is 0 Å². The Hall–Kier alpha value is -3.46. The third-order valence-corrected chi connectivity index (χ3v) is 4.15. The number of carbonyl (C=O) groups excluding carboxylic acids is 1. The maximum absolute atomic E-state index is 13.1. The molecule has 0 saturated carbocycles. The quantitative estimate of drug-likeness (QED) is 0.684. The SMILES string of the molecule is CC#Cc1ccc(-c2ccccc2N(C)C(=O)c2cn[nH]c2C(F)F)cc1. The Balaban J connectivity index is 1.98. The Morgan fingerprint density at radius 3 is 2.52 bits per heavy atom. The Kier molecular flexibility index (Phi) is 5.32. The van der Waals surface area contributed by atoms with Crippen molar-refractivity contribution in [1.82, 2.24) is 10.2 Å². The third kappa shape index (κ3) is 3.72. The van der Waals surface area contributed by atoms with Gasteiger partial charge in [-0.1, -0.05) is 36.3 Å². The van der Waals surface area contributed by atoms with Gasteiger partial charge in [-0.2, -0.15) is 5.10 Å². The van der Waals surface area contributed by atoms with E-state index in [4.69, 9.17) is 0 Å². The lowest BCUT2D eigenvalue weighted by Gasteiger charge is -2.21. The lowest BCUT2D eigenvalue weighted by atomic mass is 10.0. The zero-order valence-corrected chi connectivity index (χ0v) is 14.8. The molecule has 1 aromatic heterocycles. The summed E-state index contributed by atoms with van der Waals surface area (Å²) in [7, 11) is 1.56. The van der Waals surface area contributed by atoms with E-state index < -0.39 is 18.0 Å². The first-order chi connectivity index (χ1) is 13.0. The number of para-hydroxylation sites is 1. The van der Waals surface area contributed by atoms with Crippen molar-refractivity contribution in [2.75, 3.05) is 11.9 Å². The average molecular weight is 365 g/mol. The molecule has 1 heterocycles. The van der Waals surface area contributed by atoms with Crippen molar-refractivity contribution in [3.8, 4) is 23.0 Å². The Bertz CT molecular complexity index is 1010. The van der Waals surface area contributed by atoms with Gasteiger partial charge < -0.3 is 4.90 Å². The number of hydrogen-bond acceptors (Lipinski definition) is 2. The number of anilines is 1. The molecule has 0 fully saturated rings. The first-order valence-corrected chi connectivity index (χ1v) is 8.24. The van der Waals surface area contributed by atoms with Gasteiger partial charge in [0.05, 0.1) is 17.4 Å². The number of rotatable bonds is 4. The maximum atomic E-state index is 13.1. The summed E-state index contributed by atoms with van der Waals surface area (Å²) < 4.78 is 26.2. The van der Waals surface area contributed by atoms with Gasteiger partial charge in [0.1, 0.15) is 5.69 Å². The van der Waals surface area contributed by atoms with Crippen molar-refractivity contribution < 1.29 is 13.6 Å². The van der Waals surface area contributed by atoms with Crippen LogP contribution < -0.4 is 4.90 Å². The Morgan fingerprint density at radius 2 is 1.85 bits per heavy atom. The number of hydrogen-bond donors (Lipinski definition) is 1. The van der Waals surface area contributed by atoms with E-state index in [0.717, 1.165) is 22.9 Å². The summed E-state index contributed by atoms with van der Waals surface area (Å²) in [5.74, 6) is 5.27. The van der Waals surface area contributed by atoms with E-state index in [1.165, 1.54) is 4.90 Å². The molecular formula is C21H17F2N3O. The van der Waals surface area contributed by atoms with Crippen molar-refractivity contribution >= 4 is 11.6 Å². The Morgan fingerprint density at radius 1 is 1.15 bits per heavy atom. The van der Waals surface area contributed by atoms with Crippen LogP contribution in [0.2, 0.25) is 0 Å². The topological polar surface area (TPSA) is 49.0 Å². The minimum absolute atomic E-state index is 0.143. The van der Waals surface area contributed by atoms with Crippen molar-refractivity contribution in [2.45, 2.75) is 13.3 Å². The fraction of sp³-hybridized carbons (Fsp3) is 0.143. The molecule has 3 rings (SSSR count). The standard InChI is InChI=1S/C21H17F2N3O/c1-3-6-14-9-11-15(12-10-14)16-7-4-5-8-18(16)26(2)21(27)17-13-24-25-19(17)20(22)23/h4-5,7-13,20H,1-2H3,(H,24,25). The van der Waals surface area contributed by atoms with Gasteiger partial charge in [-0.05, 0) is 30.7 Å². The van der Waals surface area contributed by atoms with Crippen LogP contribution in [0.4, 0.5) is 14.5 Å². The molecule has 0 unspecified atom stereocenters. The van der Waals surface area contributed by atoms with Crippen LogP contribution in [0.3, 0.4) is 0 Å². The minimum Gasteiger partial charge on any atom is -0.311 e. The monoisotopic (exact) mass is 365 g/mol. The van der Waals surface area contributed by atoms with Crippen molar-refractivity contribution in [1.29, 1.82) is 0 Å². The molecule has 1 amide bonds. The summed E-state index contributed by atoms with van der Waals surface area (Å²) in [5.41, 5.74) is 2.59. The summed E-state index contributed by atoms with van der Waals surface area (Å²) >= 11 is 0. The van der Waals surface area contributed by atoms with Crippen LogP contribution in [0.25, 0.3) is 11.1 Å². The van der Waals surface area contributed by atoms with Gasteiger partial charge in [-0.25, -0.2) is 8.78 Å². The maximum Gasteiger partial charge on any atom is 0.280 e. The van der Waals surface area contributed by atoms with Gasteiger partial charge in [0.2, 0.25) is 0 Å². The highest BCUT2D eigenvalue weighted by atomic mass is 19.3. The predicted octanol–water partition coefficient (Wildman–Crippen LogP) is 4.66. The third-order valence-electron chi connectivity index (χ3n) is 4.15. The molecule has 0 bridgehead atoms. The number of halogens is 2. The van der Waals surface area contributed by atoms with E-state index >= 15 is 0 Å². The largest absolute Gasteiger partial charge is 0.311 e. The second kappa shape index (κ2) is 7.83. The molecule has 0 radical (unpaired) electrons. The molecule has 6 heteroatoms. The van der Waals surface area contributed by atoms with E-state index in [2.05, 4.69) is 22.0 Å². The second-order valence-electron chi connectivity index (χ2n) is 5.83. The van der Waals surface area contributed by atoms with Crippen LogP contribution in [0.5, 0.6) is 0 Å². The van der Waals surface area contributed by atoms with Crippen LogP contribution in [0, 0.1) is 11.8 Å². The molecule has 0 saturated heterocycles. The van der Waals surface area contributed by atoms with E-state index in [-0.39, 0.29) is 5.56 Å². The van der Waals surface area contributed by atoms with Crippen molar-refractivity contribution in [3.05, 3.63) is 71.5 Å². The smallest absolute Gasteiger partial charge is 0.280 e. The van der Waals surface area contributed by atoms with Crippen molar-refractivity contribution in [2.24, 2.45) is 0 Å². The minimum atomic E-state index is -2.80. The molecule has 0 atom stereocenters. The highest BCUT2D eigenvalue weighted by Gasteiger charge is 2.25. The lowest BCUT2D eigenvalue weighted by molar-refractivity contribution is 0.0978. The molecule has 27 heavy (non-hydrogen) atoms. The number of alkyl halides is 2. The molecule has 0 aliphatic heterocycles. The number of carbonyl (C=O) groups is 1. The summed E-state index contributed by atoms with van der Waals surface area (Å²) in [6.07, 6.45) is -1.68. The molecule has 4 nitrogen and oxygen atoms in total. The van der Waals surface area contributed by atoms with Gasteiger partial charge in [0, 0.05) is 18.2 Å². The number of H-pyrrole nitrogens is 1. The van der Waals surface area contributed by atoms with E-state index in [9.17, 15) is 13.6 Å². The van der Waals surface area contributed by atoms with E-state index in [1.54, 1.807) is 26.1 Å². The van der Waals surface area contributed by atoms with Crippen LogP contribution >= 0.6 is 0 Å². The first kappa shape index (κ1) is 18.3. The number of nitrogens with one attached hydrogen (secondary N) is 1. The van der Waals surface area contributed by atoms with E-state index in [1.807, 2.05) is 36.4 Å². The normalized spacial score (nSPS) is 10.4. The highest BCUT2D eigenvalue weighted by molar-refractivity contribution is 6.08. The molecule has 1 N–H and O–H groups in total. The van der Waals surface area contributed by atoms with Crippen LogP contribution in [-0.2, 0) is 0 Å². The number of nitrogens with zero attached hydrogens (tertiary/aromatic N) is 2. The van der Waals surface area contributed by atoms with E-state index in [0.29, 0.717) is 5.69 Å². The van der Waals surface area contributed by atoms with Crippen molar-refractivity contribution in [3.63, 3.8) is 0 Å². The second-order valence-corrected chi connectivity index (χ2v) is 5.83. The number of amides is 1. The summed E-state index contributed by atoms with van der Waals surface area (Å²) in [4.78, 5) is 14.1. The summed E-state index contributed by atoms with van der Waals surface area (Å²) in [6, 6.07) is 14.9.